The number of alkyl halides is 1. The Balaban J connectivity index is 2.10. The second-order valence-electron chi connectivity index (χ2n) is 5.75. The highest BCUT2D eigenvalue weighted by Gasteiger charge is 2.46. The van der Waals surface area contributed by atoms with Crippen LogP contribution in [0.2, 0.25) is 0 Å². The molecule has 1 aromatic rings. The van der Waals surface area contributed by atoms with Crippen LogP contribution in [0.5, 0.6) is 0 Å². The van der Waals surface area contributed by atoms with Gasteiger partial charge in [0.15, 0.2) is 6.29 Å². The summed E-state index contributed by atoms with van der Waals surface area (Å²) in [5.41, 5.74) is 9.49. The van der Waals surface area contributed by atoms with Crippen molar-refractivity contribution in [2.75, 3.05) is 5.88 Å². The van der Waals surface area contributed by atoms with Crippen molar-refractivity contribution in [2.24, 2.45) is 5.11 Å². The van der Waals surface area contributed by atoms with Crippen LogP contribution in [-0.4, -0.2) is 53.6 Å². The Kier molecular flexibility index (Phi) is 7.68. The van der Waals surface area contributed by atoms with Gasteiger partial charge in [0.2, 0.25) is 0 Å². The van der Waals surface area contributed by atoms with Crippen LogP contribution in [0, 0.1) is 0 Å². The lowest BCUT2D eigenvalue weighted by atomic mass is 9.95. The number of hydrogen-bond donors (Lipinski definition) is 2. The van der Waals surface area contributed by atoms with E-state index < -0.39 is 48.5 Å². The number of aliphatic hydroxyl groups is 1. The fourth-order valence-corrected chi connectivity index (χ4v) is 2.70. The molecule has 11 heteroatoms. The summed E-state index contributed by atoms with van der Waals surface area (Å²) in [4.78, 5) is 26.4. The first kappa shape index (κ1) is 20.8. The molecular weight excluding hydrogens is 380 g/mol. The number of rotatable bonds is 6. The van der Waals surface area contributed by atoms with Gasteiger partial charge in [0.05, 0.1) is 12.1 Å². The van der Waals surface area contributed by atoms with E-state index in [1.807, 2.05) is 6.07 Å². The van der Waals surface area contributed by atoms with Crippen LogP contribution in [-0.2, 0) is 25.6 Å². The molecule has 1 aromatic carbocycles. The molecule has 0 unspecified atom stereocenters. The van der Waals surface area contributed by atoms with Crippen LogP contribution >= 0.6 is 11.6 Å². The number of amides is 1. The van der Waals surface area contributed by atoms with Crippen LogP contribution in [0.3, 0.4) is 0 Å². The maximum atomic E-state index is 12.2. The van der Waals surface area contributed by atoms with Gasteiger partial charge in [-0.2, -0.15) is 0 Å². The number of hydrogen-bond acceptors (Lipinski definition) is 7. The highest BCUT2D eigenvalue weighted by molar-refractivity contribution is 6.26. The second-order valence-corrected chi connectivity index (χ2v) is 6.01. The molecular formula is C16H19ClN4O6. The van der Waals surface area contributed by atoms with E-state index >= 15 is 0 Å². The van der Waals surface area contributed by atoms with E-state index in [1.165, 1.54) is 0 Å². The Morgan fingerprint density at radius 2 is 2.11 bits per heavy atom. The molecule has 10 nitrogen and oxygen atoms in total. The predicted molar refractivity (Wildman–Crippen MR) is 93.6 cm³/mol. The number of nitrogens with one attached hydrogen (secondary N) is 1. The monoisotopic (exact) mass is 398 g/mol. The third-order valence-corrected chi connectivity index (χ3v) is 4.12. The lowest BCUT2D eigenvalue weighted by Crippen LogP contribution is -2.63. The smallest absolute Gasteiger partial charge is 0.407 e. The number of azide groups is 1. The number of ether oxygens (including phenoxy) is 3. The summed E-state index contributed by atoms with van der Waals surface area (Å²) in [6.07, 6.45) is -4.25. The quantitative estimate of drug-likeness (QED) is 0.246. The van der Waals surface area contributed by atoms with Crippen LogP contribution < -0.4 is 5.32 Å². The molecule has 0 saturated carbocycles. The average Bonchev–Trinajstić information content (AvgIpc) is 2.66. The summed E-state index contributed by atoms with van der Waals surface area (Å²) < 4.78 is 15.6. The highest BCUT2D eigenvalue weighted by Crippen LogP contribution is 2.25. The lowest BCUT2D eigenvalue weighted by Gasteiger charge is -2.41. The van der Waals surface area contributed by atoms with Crippen LogP contribution in [0.1, 0.15) is 12.5 Å². The molecule has 1 aliphatic heterocycles. The maximum absolute atomic E-state index is 12.2. The number of benzene rings is 1. The minimum atomic E-state index is -1.51. The van der Waals surface area contributed by atoms with Gasteiger partial charge in [0.25, 0.3) is 0 Å². The molecule has 2 rings (SSSR count). The molecule has 1 amide bonds. The van der Waals surface area contributed by atoms with Crippen LogP contribution in [0.15, 0.2) is 35.4 Å². The van der Waals surface area contributed by atoms with Crippen molar-refractivity contribution in [3.8, 4) is 0 Å². The molecule has 5 atom stereocenters. The van der Waals surface area contributed by atoms with Crippen LogP contribution in [0.4, 0.5) is 4.79 Å². The lowest BCUT2D eigenvalue weighted by molar-refractivity contribution is -0.215. The summed E-state index contributed by atoms with van der Waals surface area (Å²) in [5.74, 6) is -1.25. The first-order valence-corrected chi connectivity index (χ1v) is 8.60. The molecule has 1 heterocycles. The fourth-order valence-electron chi connectivity index (χ4n) is 2.64. The number of alkyl carbamates (subject to hydrolysis) is 1. The number of nitrogens with zero attached hydrogens (tertiary/aromatic N) is 3. The zero-order valence-corrected chi connectivity index (χ0v) is 15.2. The van der Waals surface area contributed by atoms with Crippen molar-refractivity contribution < 1.29 is 28.9 Å². The van der Waals surface area contributed by atoms with Crippen molar-refractivity contribution in [3.05, 3.63) is 46.3 Å². The van der Waals surface area contributed by atoms with Crippen molar-refractivity contribution >= 4 is 23.7 Å². The molecule has 1 fully saturated rings. The minimum Gasteiger partial charge on any atom is -0.459 e. The molecule has 0 aliphatic carbocycles. The molecule has 0 aromatic heterocycles. The van der Waals surface area contributed by atoms with Gasteiger partial charge in [-0.1, -0.05) is 35.4 Å². The molecule has 146 valence electrons. The van der Waals surface area contributed by atoms with Crippen LogP contribution in [0.25, 0.3) is 10.4 Å². The zero-order valence-electron chi connectivity index (χ0n) is 14.4. The summed E-state index contributed by atoms with van der Waals surface area (Å²) in [7, 11) is 0. The van der Waals surface area contributed by atoms with E-state index in [4.69, 9.17) is 31.3 Å². The normalized spacial score (nSPS) is 27.1. The second kappa shape index (κ2) is 9.98. The number of aliphatic hydroxyl groups excluding tert-OH is 1. The maximum Gasteiger partial charge on any atom is 0.407 e. The van der Waals surface area contributed by atoms with E-state index in [2.05, 4.69) is 15.3 Å². The van der Waals surface area contributed by atoms with Gasteiger partial charge in [0, 0.05) is 4.91 Å². The number of carbonyl (C=O) groups excluding carboxylic acids is 2. The molecule has 1 saturated heterocycles. The first-order chi connectivity index (χ1) is 13.0. The number of esters is 1. The molecule has 0 bridgehead atoms. The SMILES string of the molecule is C[C@H]1O[C@@H](O)[C@H](N=[N+]=[N-])[C@@H](OC(=O)CCl)[C@H]1NC(=O)OCc1ccccc1. The van der Waals surface area contributed by atoms with Gasteiger partial charge >= 0.3 is 12.1 Å². The zero-order chi connectivity index (χ0) is 19.8. The largest absolute Gasteiger partial charge is 0.459 e. The predicted octanol–water partition coefficient (Wildman–Crippen LogP) is 1.85. The summed E-state index contributed by atoms with van der Waals surface area (Å²) >= 11 is 5.46. The molecule has 27 heavy (non-hydrogen) atoms. The van der Waals surface area contributed by atoms with Crippen molar-refractivity contribution in [1.29, 1.82) is 0 Å². The molecule has 0 spiro atoms. The Morgan fingerprint density at radius 3 is 2.74 bits per heavy atom. The molecule has 1 aliphatic rings. The Bertz CT molecular complexity index is 699. The minimum absolute atomic E-state index is 0.0309. The Hall–Kier alpha value is -2.52. The van der Waals surface area contributed by atoms with E-state index in [0.717, 1.165) is 5.56 Å². The highest BCUT2D eigenvalue weighted by atomic mass is 35.5. The van der Waals surface area contributed by atoms with E-state index in [0.29, 0.717) is 0 Å². The third-order valence-electron chi connectivity index (χ3n) is 3.90. The van der Waals surface area contributed by atoms with Crippen molar-refractivity contribution in [3.63, 3.8) is 0 Å². The van der Waals surface area contributed by atoms with Gasteiger partial charge in [-0.25, -0.2) is 4.79 Å². The first-order valence-electron chi connectivity index (χ1n) is 8.06. The van der Waals surface area contributed by atoms with Crippen molar-refractivity contribution in [2.45, 2.75) is 44.1 Å². The Morgan fingerprint density at radius 1 is 1.41 bits per heavy atom. The number of halogens is 1. The molecule has 0 radical (unpaired) electrons. The third kappa shape index (κ3) is 5.73. The summed E-state index contributed by atoms with van der Waals surface area (Å²) in [5, 5.41) is 15.9. The standard InChI is InChI=1S/C16H19ClN4O6/c1-9-12(19-16(24)25-8-10-5-3-2-4-6-10)14(27-11(22)7-17)13(20-21-18)15(23)26-9/h2-6,9,12-15,23H,7-8H2,1H3,(H,19,24)/t9-,12+,13-,14+,15-/m1/s1. The summed E-state index contributed by atoms with van der Waals surface area (Å²) in [6, 6.07) is 6.83. The average molecular weight is 399 g/mol. The topological polar surface area (TPSA) is 143 Å². The number of carbonyl (C=O) groups is 2. The van der Waals surface area contributed by atoms with Gasteiger partial charge < -0.3 is 24.6 Å². The van der Waals surface area contributed by atoms with Gasteiger partial charge in [-0.3, -0.25) is 4.79 Å². The Labute approximate surface area is 160 Å². The van der Waals surface area contributed by atoms with Gasteiger partial charge in [-0.05, 0) is 18.0 Å². The van der Waals surface area contributed by atoms with Gasteiger partial charge in [-0.15, -0.1) is 11.6 Å². The van der Waals surface area contributed by atoms with E-state index in [1.54, 1.807) is 31.2 Å². The summed E-state index contributed by atoms with van der Waals surface area (Å²) in [6.45, 7) is 1.59. The van der Waals surface area contributed by atoms with Gasteiger partial charge in [0.1, 0.15) is 24.6 Å². The van der Waals surface area contributed by atoms with E-state index in [9.17, 15) is 14.7 Å². The molecule has 2 N–H and O–H groups in total. The fraction of sp³-hybridized carbons (Fsp3) is 0.500. The van der Waals surface area contributed by atoms with Crippen molar-refractivity contribution in [1.82, 2.24) is 5.32 Å². The van der Waals surface area contributed by atoms with E-state index in [-0.39, 0.29) is 6.61 Å².